The van der Waals surface area contributed by atoms with Crippen molar-refractivity contribution in [2.75, 3.05) is 12.4 Å². The predicted molar refractivity (Wildman–Crippen MR) is 87.5 cm³/mol. The number of amides is 1. The summed E-state index contributed by atoms with van der Waals surface area (Å²) in [7, 11) is 1.38. The standard InChI is InChI=1S/C16H18N2O4S/c1-21-15(20)10-4-2-3-9(7-10)14(19)17-11-5-6-12-13(8-11)22-16(23)18-12/h5-6,8-10H,2-4,7H2,1H3,(H,17,19)(H,18,23)/t9-,10-/m1/s1. The van der Waals surface area contributed by atoms with Gasteiger partial charge < -0.3 is 19.5 Å². The van der Waals surface area contributed by atoms with Gasteiger partial charge in [-0.15, -0.1) is 0 Å². The van der Waals surface area contributed by atoms with E-state index < -0.39 is 0 Å². The molecule has 0 unspecified atom stereocenters. The average Bonchev–Trinajstić information content (AvgIpc) is 2.93. The molecule has 2 N–H and O–H groups in total. The Labute approximate surface area is 138 Å². The van der Waals surface area contributed by atoms with Gasteiger partial charge in [0.25, 0.3) is 4.84 Å². The van der Waals surface area contributed by atoms with Crippen molar-refractivity contribution in [2.45, 2.75) is 25.7 Å². The Morgan fingerprint density at radius 1 is 1.35 bits per heavy atom. The molecular weight excluding hydrogens is 316 g/mol. The molecule has 1 fully saturated rings. The smallest absolute Gasteiger partial charge is 0.308 e. The summed E-state index contributed by atoms with van der Waals surface area (Å²) in [5.41, 5.74) is 2.04. The number of benzene rings is 1. The zero-order chi connectivity index (χ0) is 16.4. The number of hydrogen-bond acceptors (Lipinski definition) is 5. The van der Waals surface area contributed by atoms with Crippen LogP contribution in [0.25, 0.3) is 11.1 Å². The molecule has 0 spiro atoms. The van der Waals surface area contributed by atoms with Crippen LogP contribution in [0, 0.1) is 16.7 Å². The van der Waals surface area contributed by atoms with E-state index in [4.69, 9.17) is 21.4 Å². The Hall–Kier alpha value is -2.15. The molecule has 1 aliphatic carbocycles. The molecule has 3 rings (SSSR count). The predicted octanol–water partition coefficient (Wildman–Crippen LogP) is 3.41. The third kappa shape index (κ3) is 3.44. The SMILES string of the molecule is COC(=O)[C@@H]1CCC[C@@H](C(=O)Nc2ccc3[nH]c(=S)oc3c2)C1. The largest absolute Gasteiger partial charge is 0.469 e. The summed E-state index contributed by atoms with van der Waals surface area (Å²) >= 11 is 4.94. The van der Waals surface area contributed by atoms with Crippen LogP contribution in [0.5, 0.6) is 0 Å². The van der Waals surface area contributed by atoms with Crippen molar-refractivity contribution >= 4 is 40.9 Å². The van der Waals surface area contributed by atoms with Gasteiger partial charge in [0, 0.05) is 17.7 Å². The van der Waals surface area contributed by atoms with Gasteiger partial charge in [0.1, 0.15) is 0 Å². The second-order valence-electron chi connectivity index (χ2n) is 5.80. The second-order valence-corrected chi connectivity index (χ2v) is 6.17. The van der Waals surface area contributed by atoms with Crippen molar-refractivity contribution < 1.29 is 18.7 Å². The summed E-state index contributed by atoms with van der Waals surface area (Å²) < 4.78 is 10.1. The van der Waals surface area contributed by atoms with E-state index in [2.05, 4.69) is 10.3 Å². The Kier molecular flexibility index (Phi) is 4.47. The van der Waals surface area contributed by atoms with Crippen molar-refractivity contribution in [3.63, 3.8) is 0 Å². The lowest BCUT2D eigenvalue weighted by Crippen LogP contribution is -2.31. The first kappa shape index (κ1) is 15.7. The highest BCUT2D eigenvalue weighted by atomic mass is 32.1. The number of anilines is 1. The second kappa shape index (κ2) is 6.54. The summed E-state index contributed by atoms with van der Waals surface area (Å²) in [6.07, 6.45) is 2.95. The quantitative estimate of drug-likeness (QED) is 0.664. The van der Waals surface area contributed by atoms with Crippen LogP contribution in [0.15, 0.2) is 22.6 Å². The Balaban J connectivity index is 1.69. The van der Waals surface area contributed by atoms with Gasteiger partial charge in [-0.2, -0.15) is 0 Å². The minimum Gasteiger partial charge on any atom is -0.469 e. The van der Waals surface area contributed by atoms with Gasteiger partial charge in [0.05, 0.1) is 18.5 Å². The van der Waals surface area contributed by atoms with Crippen LogP contribution in [-0.2, 0) is 14.3 Å². The van der Waals surface area contributed by atoms with E-state index in [1.54, 1.807) is 12.1 Å². The molecule has 0 saturated heterocycles. The Morgan fingerprint density at radius 3 is 2.91 bits per heavy atom. The molecule has 2 atom stereocenters. The maximum atomic E-state index is 12.4. The van der Waals surface area contributed by atoms with E-state index >= 15 is 0 Å². The van der Waals surface area contributed by atoms with Crippen molar-refractivity contribution in [1.29, 1.82) is 0 Å². The fraction of sp³-hybridized carbons (Fsp3) is 0.438. The molecule has 6 nitrogen and oxygen atoms in total. The molecule has 0 aliphatic heterocycles. The van der Waals surface area contributed by atoms with E-state index in [-0.39, 0.29) is 23.7 Å². The lowest BCUT2D eigenvalue weighted by molar-refractivity contribution is -0.147. The molecule has 122 valence electrons. The third-order valence-electron chi connectivity index (χ3n) is 4.27. The van der Waals surface area contributed by atoms with Crippen LogP contribution >= 0.6 is 12.2 Å². The first-order chi connectivity index (χ1) is 11.1. The number of nitrogens with one attached hydrogen (secondary N) is 2. The molecule has 1 aromatic carbocycles. The van der Waals surface area contributed by atoms with Crippen LogP contribution in [0.2, 0.25) is 0 Å². The Morgan fingerprint density at radius 2 is 2.13 bits per heavy atom. The third-order valence-corrected chi connectivity index (χ3v) is 4.45. The molecule has 1 saturated carbocycles. The number of hydrogen-bond donors (Lipinski definition) is 2. The number of aromatic amines is 1. The van der Waals surface area contributed by atoms with E-state index in [1.807, 2.05) is 6.07 Å². The molecule has 23 heavy (non-hydrogen) atoms. The number of aromatic nitrogens is 1. The first-order valence-corrected chi connectivity index (χ1v) is 7.99. The zero-order valence-electron chi connectivity index (χ0n) is 12.8. The number of rotatable bonds is 3. The maximum Gasteiger partial charge on any atom is 0.308 e. The molecule has 2 aromatic rings. The summed E-state index contributed by atoms with van der Waals surface area (Å²) in [6.45, 7) is 0. The monoisotopic (exact) mass is 334 g/mol. The molecule has 1 aliphatic rings. The topological polar surface area (TPSA) is 84.3 Å². The van der Waals surface area contributed by atoms with Crippen molar-refractivity contribution in [3.8, 4) is 0 Å². The summed E-state index contributed by atoms with van der Waals surface area (Å²) in [5, 5.41) is 2.89. The van der Waals surface area contributed by atoms with Crippen LogP contribution in [0.4, 0.5) is 5.69 Å². The summed E-state index contributed by atoms with van der Waals surface area (Å²) in [6, 6.07) is 5.34. The van der Waals surface area contributed by atoms with Gasteiger partial charge in [0.2, 0.25) is 5.91 Å². The molecule has 1 amide bonds. The van der Waals surface area contributed by atoms with Crippen LogP contribution < -0.4 is 5.32 Å². The number of ether oxygens (including phenoxy) is 1. The van der Waals surface area contributed by atoms with Gasteiger partial charge >= 0.3 is 5.97 Å². The normalized spacial score (nSPS) is 21.1. The van der Waals surface area contributed by atoms with E-state index in [0.717, 1.165) is 24.8 Å². The van der Waals surface area contributed by atoms with Crippen molar-refractivity contribution in [1.82, 2.24) is 4.98 Å². The first-order valence-electron chi connectivity index (χ1n) is 7.58. The highest BCUT2D eigenvalue weighted by Crippen LogP contribution is 2.31. The van der Waals surface area contributed by atoms with E-state index in [1.165, 1.54) is 7.11 Å². The molecule has 7 heteroatoms. The number of oxazole rings is 1. The summed E-state index contributed by atoms with van der Waals surface area (Å²) in [5.74, 6) is -0.671. The molecular formula is C16H18N2O4S. The number of carbonyl (C=O) groups excluding carboxylic acids is 2. The van der Waals surface area contributed by atoms with E-state index in [0.29, 0.717) is 22.5 Å². The fourth-order valence-corrected chi connectivity index (χ4v) is 3.28. The van der Waals surface area contributed by atoms with E-state index in [9.17, 15) is 9.59 Å². The minimum atomic E-state index is -0.229. The van der Waals surface area contributed by atoms with Crippen LogP contribution in [0.3, 0.4) is 0 Å². The van der Waals surface area contributed by atoms with Crippen molar-refractivity contribution in [3.05, 3.63) is 23.0 Å². The van der Waals surface area contributed by atoms with Gasteiger partial charge in [0.15, 0.2) is 5.58 Å². The molecule has 1 aromatic heterocycles. The molecule has 0 bridgehead atoms. The average molecular weight is 334 g/mol. The molecule has 0 radical (unpaired) electrons. The summed E-state index contributed by atoms with van der Waals surface area (Å²) in [4.78, 5) is 27.3. The maximum absolute atomic E-state index is 12.4. The van der Waals surface area contributed by atoms with Crippen LogP contribution in [0.1, 0.15) is 25.7 Å². The number of fused-ring (bicyclic) bond motifs is 1. The highest BCUT2D eigenvalue weighted by Gasteiger charge is 2.31. The van der Waals surface area contributed by atoms with Gasteiger partial charge in [-0.25, -0.2) is 0 Å². The van der Waals surface area contributed by atoms with Gasteiger partial charge in [-0.3, -0.25) is 9.59 Å². The number of H-pyrrole nitrogens is 1. The van der Waals surface area contributed by atoms with Crippen LogP contribution in [-0.4, -0.2) is 24.0 Å². The zero-order valence-corrected chi connectivity index (χ0v) is 13.6. The minimum absolute atomic E-state index is 0.0768. The lowest BCUT2D eigenvalue weighted by Gasteiger charge is -2.26. The van der Waals surface area contributed by atoms with Gasteiger partial charge in [-0.1, -0.05) is 6.42 Å². The molecule has 1 heterocycles. The van der Waals surface area contributed by atoms with Gasteiger partial charge in [-0.05, 0) is 43.6 Å². The number of esters is 1. The lowest BCUT2D eigenvalue weighted by atomic mass is 9.81. The van der Waals surface area contributed by atoms with Crippen molar-refractivity contribution in [2.24, 2.45) is 11.8 Å². The number of methoxy groups -OCH3 is 1. The highest BCUT2D eigenvalue weighted by molar-refractivity contribution is 7.71. The number of carbonyl (C=O) groups is 2. The Bertz CT molecular complexity index is 795. The fourth-order valence-electron chi connectivity index (χ4n) is 3.08.